The summed E-state index contributed by atoms with van der Waals surface area (Å²) in [6.07, 6.45) is 4.60. The number of hydrogen-bond donors (Lipinski definition) is 2. The zero-order valence-electron chi connectivity index (χ0n) is 12.0. The van der Waals surface area contributed by atoms with Gasteiger partial charge in [0.25, 0.3) is 5.56 Å². The van der Waals surface area contributed by atoms with Crippen LogP contribution in [0, 0.1) is 0 Å². The molecule has 0 amide bonds. The Morgan fingerprint density at radius 3 is 2.95 bits per heavy atom. The number of hydrogen-bond acceptors (Lipinski definition) is 5. The number of aromatic amines is 1. The molecule has 0 fully saturated rings. The molecule has 1 heterocycles. The fourth-order valence-electron chi connectivity index (χ4n) is 2.15. The molecule has 0 radical (unpaired) electrons. The van der Waals surface area contributed by atoms with E-state index in [2.05, 4.69) is 28.0 Å². The van der Waals surface area contributed by atoms with Gasteiger partial charge in [-0.2, -0.15) is 11.8 Å². The molecule has 0 spiro atoms. The van der Waals surface area contributed by atoms with Crippen molar-refractivity contribution in [2.24, 2.45) is 0 Å². The van der Waals surface area contributed by atoms with Gasteiger partial charge in [0.05, 0.1) is 28.6 Å². The lowest BCUT2D eigenvalue weighted by Crippen LogP contribution is -2.30. The second kappa shape index (κ2) is 6.17. The highest BCUT2D eigenvalue weighted by atomic mass is 32.2. The number of nitrogens with two attached hydrogens (primary N) is 1. The summed E-state index contributed by atoms with van der Waals surface area (Å²) in [4.78, 5) is 20.6. The molecule has 1 atom stereocenters. The summed E-state index contributed by atoms with van der Waals surface area (Å²) >= 11 is 1.84. The summed E-state index contributed by atoms with van der Waals surface area (Å²) in [6.45, 7) is 2.17. The smallest absolute Gasteiger partial charge is 0.258 e. The number of H-pyrrole nitrogens is 1. The van der Waals surface area contributed by atoms with E-state index in [1.807, 2.05) is 24.9 Å². The van der Waals surface area contributed by atoms with Gasteiger partial charge < -0.3 is 15.6 Å². The van der Waals surface area contributed by atoms with Crippen LogP contribution in [-0.4, -0.2) is 35.1 Å². The number of nitrogen functional groups attached to an aromatic ring is 1. The van der Waals surface area contributed by atoms with Crippen LogP contribution in [0.2, 0.25) is 0 Å². The standard InChI is InChI=1S/C14H20N4OS/c1-9(4-5-20-3)18(2)13-7-12-10(6-11(13)15)14(19)17-8-16-12/h6-9H,4-5,15H2,1-3H3,(H,16,17,19). The number of aromatic nitrogens is 2. The average Bonchev–Trinajstić information content (AvgIpc) is 2.44. The highest BCUT2D eigenvalue weighted by Gasteiger charge is 2.14. The summed E-state index contributed by atoms with van der Waals surface area (Å²) in [5.41, 5.74) is 8.13. The zero-order chi connectivity index (χ0) is 14.7. The Bertz CT molecular complexity index is 655. The van der Waals surface area contributed by atoms with Crippen molar-refractivity contribution in [3.05, 3.63) is 28.8 Å². The maximum absolute atomic E-state index is 11.7. The van der Waals surface area contributed by atoms with E-state index in [1.165, 1.54) is 6.33 Å². The molecular formula is C14H20N4OS. The number of rotatable bonds is 5. The lowest BCUT2D eigenvalue weighted by Gasteiger charge is -2.28. The van der Waals surface area contributed by atoms with E-state index in [-0.39, 0.29) is 5.56 Å². The van der Waals surface area contributed by atoms with Gasteiger partial charge in [0.2, 0.25) is 0 Å². The quantitative estimate of drug-likeness (QED) is 0.825. The van der Waals surface area contributed by atoms with Gasteiger partial charge in [-0.15, -0.1) is 0 Å². The highest BCUT2D eigenvalue weighted by molar-refractivity contribution is 7.98. The molecule has 20 heavy (non-hydrogen) atoms. The second-order valence-electron chi connectivity index (χ2n) is 4.90. The summed E-state index contributed by atoms with van der Waals surface area (Å²) < 4.78 is 0. The molecule has 3 N–H and O–H groups in total. The molecule has 5 nitrogen and oxygen atoms in total. The Balaban J connectivity index is 2.39. The van der Waals surface area contributed by atoms with Crippen LogP contribution < -0.4 is 16.2 Å². The number of nitrogens with zero attached hydrogens (tertiary/aromatic N) is 2. The molecule has 108 valence electrons. The Hall–Kier alpha value is -1.69. The third kappa shape index (κ3) is 2.90. The van der Waals surface area contributed by atoms with Crippen LogP contribution >= 0.6 is 11.8 Å². The topological polar surface area (TPSA) is 75.0 Å². The number of anilines is 2. The first-order chi connectivity index (χ1) is 9.54. The predicted molar refractivity (Wildman–Crippen MR) is 87.6 cm³/mol. The minimum absolute atomic E-state index is 0.161. The van der Waals surface area contributed by atoms with Crippen molar-refractivity contribution in [3.63, 3.8) is 0 Å². The van der Waals surface area contributed by atoms with Gasteiger partial charge in [-0.05, 0) is 37.5 Å². The van der Waals surface area contributed by atoms with Crippen molar-refractivity contribution in [2.75, 3.05) is 29.7 Å². The van der Waals surface area contributed by atoms with Crippen molar-refractivity contribution in [1.82, 2.24) is 9.97 Å². The van der Waals surface area contributed by atoms with Crippen molar-refractivity contribution in [1.29, 1.82) is 0 Å². The first kappa shape index (κ1) is 14.7. The molecule has 0 saturated heterocycles. The van der Waals surface area contributed by atoms with Crippen LogP contribution in [0.15, 0.2) is 23.3 Å². The van der Waals surface area contributed by atoms with Gasteiger partial charge in [0.15, 0.2) is 0 Å². The van der Waals surface area contributed by atoms with Crippen molar-refractivity contribution < 1.29 is 0 Å². The largest absolute Gasteiger partial charge is 0.397 e. The van der Waals surface area contributed by atoms with Crippen LogP contribution in [0.5, 0.6) is 0 Å². The summed E-state index contributed by atoms with van der Waals surface area (Å²) in [5, 5.41) is 0.527. The van der Waals surface area contributed by atoms with E-state index in [1.54, 1.807) is 6.07 Å². The van der Waals surface area contributed by atoms with Crippen molar-refractivity contribution >= 4 is 34.0 Å². The van der Waals surface area contributed by atoms with Gasteiger partial charge in [-0.3, -0.25) is 4.79 Å². The first-order valence-corrected chi connectivity index (χ1v) is 7.92. The van der Waals surface area contributed by atoms with Crippen LogP contribution in [0.25, 0.3) is 10.9 Å². The molecule has 1 unspecified atom stereocenters. The monoisotopic (exact) mass is 292 g/mol. The Kier molecular flexibility index (Phi) is 4.54. The van der Waals surface area contributed by atoms with E-state index in [4.69, 9.17) is 5.73 Å². The van der Waals surface area contributed by atoms with Gasteiger partial charge in [0, 0.05) is 13.1 Å². The molecule has 0 aliphatic rings. The molecular weight excluding hydrogens is 272 g/mol. The average molecular weight is 292 g/mol. The third-order valence-corrected chi connectivity index (χ3v) is 4.21. The lowest BCUT2D eigenvalue weighted by molar-refractivity contribution is 0.670. The van der Waals surface area contributed by atoms with Crippen molar-refractivity contribution in [2.45, 2.75) is 19.4 Å². The molecule has 0 saturated carbocycles. The van der Waals surface area contributed by atoms with E-state index in [0.29, 0.717) is 22.6 Å². The number of fused-ring (bicyclic) bond motifs is 1. The SMILES string of the molecule is CSCCC(C)N(C)c1cc2nc[nH]c(=O)c2cc1N. The maximum atomic E-state index is 11.7. The molecule has 1 aromatic carbocycles. The van der Waals surface area contributed by atoms with E-state index in [0.717, 1.165) is 17.9 Å². The highest BCUT2D eigenvalue weighted by Crippen LogP contribution is 2.28. The fraction of sp³-hybridized carbons (Fsp3) is 0.429. The zero-order valence-corrected chi connectivity index (χ0v) is 12.8. The summed E-state index contributed by atoms with van der Waals surface area (Å²) in [7, 11) is 2.02. The van der Waals surface area contributed by atoms with Crippen LogP contribution in [0.3, 0.4) is 0 Å². The Morgan fingerprint density at radius 1 is 1.50 bits per heavy atom. The number of benzene rings is 1. The molecule has 2 aromatic rings. The fourth-order valence-corrected chi connectivity index (χ4v) is 2.72. The molecule has 2 rings (SSSR count). The van der Waals surface area contributed by atoms with Crippen LogP contribution in [0.1, 0.15) is 13.3 Å². The minimum Gasteiger partial charge on any atom is -0.397 e. The number of thioether (sulfide) groups is 1. The maximum Gasteiger partial charge on any atom is 0.258 e. The Morgan fingerprint density at radius 2 is 2.25 bits per heavy atom. The van der Waals surface area contributed by atoms with E-state index < -0.39 is 0 Å². The molecule has 0 aliphatic heterocycles. The molecule has 1 aromatic heterocycles. The third-order valence-electron chi connectivity index (χ3n) is 3.57. The molecule has 6 heteroatoms. The van der Waals surface area contributed by atoms with Gasteiger partial charge in [-0.25, -0.2) is 4.98 Å². The van der Waals surface area contributed by atoms with Gasteiger partial charge in [0.1, 0.15) is 0 Å². The molecule has 0 aliphatic carbocycles. The normalized spacial score (nSPS) is 12.6. The summed E-state index contributed by atoms with van der Waals surface area (Å²) in [5.74, 6) is 1.11. The van der Waals surface area contributed by atoms with E-state index >= 15 is 0 Å². The van der Waals surface area contributed by atoms with E-state index in [9.17, 15) is 4.79 Å². The van der Waals surface area contributed by atoms with Crippen LogP contribution in [0.4, 0.5) is 11.4 Å². The summed E-state index contributed by atoms with van der Waals surface area (Å²) in [6, 6.07) is 3.97. The second-order valence-corrected chi connectivity index (χ2v) is 5.89. The lowest BCUT2D eigenvalue weighted by atomic mass is 10.1. The minimum atomic E-state index is -0.161. The predicted octanol–water partition coefficient (Wildman–Crippen LogP) is 2.08. The molecule has 0 bridgehead atoms. The van der Waals surface area contributed by atoms with Crippen LogP contribution in [-0.2, 0) is 0 Å². The van der Waals surface area contributed by atoms with Gasteiger partial charge >= 0.3 is 0 Å². The Labute approximate surface area is 122 Å². The van der Waals surface area contributed by atoms with Gasteiger partial charge in [-0.1, -0.05) is 0 Å². The van der Waals surface area contributed by atoms with Crippen molar-refractivity contribution in [3.8, 4) is 0 Å². The first-order valence-electron chi connectivity index (χ1n) is 6.53. The number of nitrogens with one attached hydrogen (secondary N) is 1.